The van der Waals surface area contributed by atoms with Crippen molar-refractivity contribution in [3.8, 4) is 11.3 Å². The molecule has 2 heterocycles. The maximum atomic E-state index is 12.0. The number of nitrogens with zero attached hydrogens (tertiary/aromatic N) is 2. The van der Waals surface area contributed by atoms with Gasteiger partial charge < -0.3 is 10.6 Å². The SMILES string of the molecule is O=C(CCNC(=O)c1ccc(Br)cc1)NCc1nc(-c2ccncc2)cs1. The standard InChI is InChI=1S/C19H17BrN4O2S/c20-15-3-1-14(2-4-15)19(26)22-10-7-17(25)23-11-18-24-16(12-27-18)13-5-8-21-9-6-13/h1-6,8-9,12H,7,10-11H2,(H,22,26)(H,23,25). The van der Waals surface area contributed by atoms with E-state index in [1.807, 2.05) is 17.5 Å². The molecule has 0 aliphatic heterocycles. The van der Waals surface area contributed by atoms with Crippen molar-refractivity contribution in [2.75, 3.05) is 6.54 Å². The Hall–Kier alpha value is -2.58. The molecule has 0 unspecified atom stereocenters. The van der Waals surface area contributed by atoms with Crippen LogP contribution < -0.4 is 10.6 Å². The first kappa shape index (κ1) is 19.2. The Bertz CT molecular complexity index is 913. The van der Waals surface area contributed by atoms with Crippen molar-refractivity contribution in [1.82, 2.24) is 20.6 Å². The van der Waals surface area contributed by atoms with Gasteiger partial charge in [-0.2, -0.15) is 0 Å². The number of rotatable bonds is 7. The topological polar surface area (TPSA) is 84.0 Å². The van der Waals surface area contributed by atoms with Crippen LogP contribution in [0.4, 0.5) is 0 Å². The Morgan fingerprint density at radius 3 is 2.52 bits per heavy atom. The Labute approximate surface area is 169 Å². The van der Waals surface area contributed by atoms with E-state index < -0.39 is 0 Å². The van der Waals surface area contributed by atoms with Crippen molar-refractivity contribution >= 4 is 39.1 Å². The summed E-state index contributed by atoms with van der Waals surface area (Å²) < 4.78 is 0.910. The molecular formula is C19H17BrN4O2S. The summed E-state index contributed by atoms with van der Waals surface area (Å²) in [7, 11) is 0. The van der Waals surface area contributed by atoms with Gasteiger partial charge in [0, 0.05) is 46.3 Å². The van der Waals surface area contributed by atoms with Crippen molar-refractivity contribution in [3.63, 3.8) is 0 Å². The van der Waals surface area contributed by atoms with Gasteiger partial charge in [-0.05, 0) is 36.4 Å². The molecule has 3 aromatic rings. The van der Waals surface area contributed by atoms with Crippen LogP contribution in [0.3, 0.4) is 0 Å². The molecule has 0 spiro atoms. The van der Waals surface area contributed by atoms with Crippen molar-refractivity contribution in [1.29, 1.82) is 0 Å². The predicted octanol–water partition coefficient (Wildman–Crippen LogP) is 3.40. The normalized spacial score (nSPS) is 10.4. The van der Waals surface area contributed by atoms with Gasteiger partial charge in [0.15, 0.2) is 0 Å². The van der Waals surface area contributed by atoms with Gasteiger partial charge >= 0.3 is 0 Å². The van der Waals surface area contributed by atoms with Crippen molar-refractivity contribution in [2.45, 2.75) is 13.0 Å². The second-order valence-corrected chi connectivity index (χ2v) is 7.51. The van der Waals surface area contributed by atoms with Crippen LogP contribution in [0.5, 0.6) is 0 Å². The molecule has 6 nitrogen and oxygen atoms in total. The maximum absolute atomic E-state index is 12.0. The van der Waals surface area contributed by atoms with E-state index in [0.29, 0.717) is 12.1 Å². The van der Waals surface area contributed by atoms with Crippen molar-refractivity contribution < 1.29 is 9.59 Å². The highest BCUT2D eigenvalue weighted by atomic mass is 79.9. The van der Waals surface area contributed by atoms with E-state index >= 15 is 0 Å². The fourth-order valence-electron chi connectivity index (χ4n) is 2.30. The van der Waals surface area contributed by atoms with E-state index in [-0.39, 0.29) is 24.8 Å². The summed E-state index contributed by atoms with van der Waals surface area (Å²) in [5, 5.41) is 8.34. The second-order valence-electron chi connectivity index (χ2n) is 5.65. The first-order valence-electron chi connectivity index (χ1n) is 8.27. The van der Waals surface area contributed by atoms with Crippen LogP contribution in [0.2, 0.25) is 0 Å². The van der Waals surface area contributed by atoms with Gasteiger partial charge in [-0.15, -0.1) is 11.3 Å². The van der Waals surface area contributed by atoms with Crippen LogP contribution in [0.1, 0.15) is 21.8 Å². The summed E-state index contributed by atoms with van der Waals surface area (Å²) in [4.78, 5) is 32.4. The quantitative estimate of drug-likeness (QED) is 0.584. The molecule has 3 rings (SSSR count). The number of nitrogens with one attached hydrogen (secondary N) is 2. The molecule has 0 aliphatic rings. The largest absolute Gasteiger partial charge is 0.352 e. The lowest BCUT2D eigenvalue weighted by Crippen LogP contribution is -2.30. The monoisotopic (exact) mass is 444 g/mol. The Balaban J connectivity index is 1.40. The van der Waals surface area contributed by atoms with E-state index in [4.69, 9.17) is 0 Å². The zero-order chi connectivity index (χ0) is 19.1. The summed E-state index contributed by atoms with van der Waals surface area (Å²) in [6, 6.07) is 10.8. The molecule has 1 aromatic carbocycles. The molecule has 0 saturated heterocycles. The molecule has 0 radical (unpaired) electrons. The molecule has 0 fully saturated rings. The fourth-order valence-corrected chi connectivity index (χ4v) is 3.31. The number of carbonyl (C=O) groups is 2. The number of thiazole rings is 1. The van der Waals surface area contributed by atoms with E-state index in [0.717, 1.165) is 20.7 Å². The maximum Gasteiger partial charge on any atom is 0.251 e. The third-order valence-corrected chi connectivity index (χ3v) is 5.09. The summed E-state index contributed by atoms with van der Waals surface area (Å²) in [5.41, 5.74) is 2.42. The molecule has 0 saturated carbocycles. The molecule has 27 heavy (non-hydrogen) atoms. The van der Waals surface area contributed by atoms with Gasteiger partial charge in [0.2, 0.25) is 5.91 Å². The molecule has 2 N–H and O–H groups in total. The number of benzene rings is 1. The third kappa shape index (κ3) is 5.70. The van der Waals surface area contributed by atoms with Gasteiger partial charge in [0.05, 0.1) is 12.2 Å². The highest BCUT2D eigenvalue weighted by Crippen LogP contribution is 2.20. The molecule has 0 aliphatic carbocycles. The van der Waals surface area contributed by atoms with Gasteiger partial charge in [-0.1, -0.05) is 15.9 Å². The molecular weight excluding hydrogens is 428 g/mol. The molecule has 138 valence electrons. The number of carbonyl (C=O) groups excluding carboxylic acids is 2. The smallest absolute Gasteiger partial charge is 0.251 e. The number of amides is 2. The number of halogens is 1. The minimum atomic E-state index is -0.197. The van der Waals surface area contributed by atoms with Crippen molar-refractivity contribution in [3.05, 3.63) is 69.2 Å². The first-order chi connectivity index (χ1) is 13.1. The number of hydrogen-bond donors (Lipinski definition) is 2. The Kier molecular flexibility index (Phi) is 6.67. The first-order valence-corrected chi connectivity index (χ1v) is 9.94. The zero-order valence-electron chi connectivity index (χ0n) is 14.3. The summed E-state index contributed by atoms with van der Waals surface area (Å²) in [6.45, 7) is 0.649. The lowest BCUT2D eigenvalue weighted by atomic mass is 10.2. The number of pyridine rings is 1. The van der Waals surface area contributed by atoms with Gasteiger partial charge in [-0.3, -0.25) is 14.6 Å². The van der Waals surface area contributed by atoms with Crippen LogP contribution in [0, 0.1) is 0 Å². The minimum Gasteiger partial charge on any atom is -0.352 e. The van der Waals surface area contributed by atoms with Crippen LogP contribution in [0.15, 0.2) is 58.6 Å². The second kappa shape index (κ2) is 9.38. The summed E-state index contributed by atoms with van der Waals surface area (Å²) >= 11 is 4.82. The van der Waals surface area contributed by atoms with Crippen molar-refractivity contribution in [2.24, 2.45) is 0 Å². The molecule has 0 bridgehead atoms. The van der Waals surface area contributed by atoms with Gasteiger partial charge in [-0.25, -0.2) is 4.98 Å². The minimum absolute atomic E-state index is 0.133. The molecule has 2 amide bonds. The van der Waals surface area contributed by atoms with Gasteiger partial charge in [0.1, 0.15) is 5.01 Å². The summed E-state index contributed by atoms with van der Waals surface area (Å²) in [6.07, 6.45) is 3.66. The van der Waals surface area contributed by atoms with E-state index in [2.05, 4.69) is 36.5 Å². The zero-order valence-corrected chi connectivity index (χ0v) is 16.7. The highest BCUT2D eigenvalue weighted by molar-refractivity contribution is 9.10. The average molecular weight is 445 g/mol. The average Bonchev–Trinajstić information content (AvgIpc) is 3.16. The number of hydrogen-bond acceptors (Lipinski definition) is 5. The van der Waals surface area contributed by atoms with E-state index in [9.17, 15) is 9.59 Å². The lowest BCUT2D eigenvalue weighted by molar-refractivity contribution is -0.121. The highest BCUT2D eigenvalue weighted by Gasteiger charge is 2.08. The number of aromatic nitrogens is 2. The molecule has 0 atom stereocenters. The van der Waals surface area contributed by atoms with Crippen LogP contribution in [-0.4, -0.2) is 28.3 Å². The molecule has 8 heteroatoms. The van der Waals surface area contributed by atoms with Crippen LogP contribution in [0.25, 0.3) is 11.3 Å². The lowest BCUT2D eigenvalue weighted by Gasteiger charge is -2.06. The fraction of sp³-hybridized carbons (Fsp3) is 0.158. The van der Waals surface area contributed by atoms with E-state index in [1.54, 1.807) is 36.7 Å². The Morgan fingerprint density at radius 1 is 1.04 bits per heavy atom. The van der Waals surface area contributed by atoms with Gasteiger partial charge in [0.25, 0.3) is 5.91 Å². The van der Waals surface area contributed by atoms with E-state index in [1.165, 1.54) is 11.3 Å². The predicted molar refractivity (Wildman–Crippen MR) is 108 cm³/mol. The third-order valence-electron chi connectivity index (χ3n) is 3.71. The van der Waals surface area contributed by atoms with Crippen LogP contribution >= 0.6 is 27.3 Å². The summed E-state index contributed by atoms with van der Waals surface area (Å²) in [5.74, 6) is -0.330. The Morgan fingerprint density at radius 2 is 1.78 bits per heavy atom. The van der Waals surface area contributed by atoms with Crippen LogP contribution in [-0.2, 0) is 11.3 Å². The molecule has 2 aromatic heterocycles.